The standard InChI is InChI=1S/C9H7BrN4O/c10-4-1-2-6-5(3-4)9(15)14-8(13-6)7(11)12/h1-3H,(H3,11,12)(H,13,14,15). The van der Waals surface area contributed by atoms with Crippen molar-refractivity contribution in [1.82, 2.24) is 9.97 Å². The molecule has 76 valence electrons. The van der Waals surface area contributed by atoms with Gasteiger partial charge < -0.3 is 10.7 Å². The van der Waals surface area contributed by atoms with Crippen LogP contribution in [0.25, 0.3) is 10.9 Å². The van der Waals surface area contributed by atoms with Crippen molar-refractivity contribution in [2.24, 2.45) is 5.73 Å². The first-order valence-electron chi connectivity index (χ1n) is 4.12. The van der Waals surface area contributed by atoms with Crippen molar-refractivity contribution >= 4 is 32.7 Å². The number of benzene rings is 1. The Hall–Kier alpha value is -1.69. The average Bonchev–Trinajstić information content (AvgIpc) is 2.18. The van der Waals surface area contributed by atoms with E-state index in [1.165, 1.54) is 0 Å². The molecule has 2 aromatic rings. The van der Waals surface area contributed by atoms with Gasteiger partial charge in [-0.05, 0) is 18.2 Å². The number of nitrogen functional groups attached to an aromatic ring is 1. The smallest absolute Gasteiger partial charge is 0.259 e. The zero-order valence-electron chi connectivity index (χ0n) is 7.54. The molecule has 0 saturated heterocycles. The van der Waals surface area contributed by atoms with E-state index >= 15 is 0 Å². The van der Waals surface area contributed by atoms with Crippen molar-refractivity contribution in [2.45, 2.75) is 0 Å². The number of rotatable bonds is 1. The molecule has 1 aromatic heterocycles. The lowest BCUT2D eigenvalue weighted by Crippen LogP contribution is -2.21. The number of amidine groups is 1. The first-order valence-corrected chi connectivity index (χ1v) is 4.91. The third-order valence-corrected chi connectivity index (χ3v) is 2.42. The minimum Gasteiger partial charge on any atom is -0.381 e. The van der Waals surface area contributed by atoms with Gasteiger partial charge in [0, 0.05) is 4.47 Å². The van der Waals surface area contributed by atoms with Crippen LogP contribution in [0.4, 0.5) is 0 Å². The van der Waals surface area contributed by atoms with Gasteiger partial charge in [0.05, 0.1) is 10.9 Å². The number of aromatic amines is 1. The van der Waals surface area contributed by atoms with Gasteiger partial charge >= 0.3 is 0 Å². The Morgan fingerprint density at radius 3 is 2.93 bits per heavy atom. The van der Waals surface area contributed by atoms with Crippen molar-refractivity contribution < 1.29 is 0 Å². The molecule has 0 aliphatic heterocycles. The van der Waals surface area contributed by atoms with Gasteiger partial charge in [-0.1, -0.05) is 15.9 Å². The molecule has 0 unspecified atom stereocenters. The van der Waals surface area contributed by atoms with E-state index in [4.69, 9.17) is 11.1 Å². The highest BCUT2D eigenvalue weighted by molar-refractivity contribution is 9.10. The summed E-state index contributed by atoms with van der Waals surface area (Å²) in [7, 11) is 0. The van der Waals surface area contributed by atoms with Gasteiger partial charge in [-0.2, -0.15) is 0 Å². The van der Waals surface area contributed by atoms with Crippen molar-refractivity contribution in [1.29, 1.82) is 5.41 Å². The summed E-state index contributed by atoms with van der Waals surface area (Å²) < 4.78 is 0.804. The van der Waals surface area contributed by atoms with Crippen LogP contribution in [0, 0.1) is 5.41 Å². The Labute approximate surface area is 93.0 Å². The first-order chi connectivity index (χ1) is 7.08. The van der Waals surface area contributed by atoms with E-state index in [1.807, 2.05) is 0 Å². The fourth-order valence-electron chi connectivity index (χ4n) is 1.24. The van der Waals surface area contributed by atoms with Crippen LogP contribution < -0.4 is 11.3 Å². The summed E-state index contributed by atoms with van der Waals surface area (Å²) in [6, 6.07) is 5.14. The lowest BCUT2D eigenvalue weighted by Gasteiger charge is -2.00. The van der Waals surface area contributed by atoms with Gasteiger partial charge in [0.2, 0.25) is 0 Å². The normalized spacial score (nSPS) is 10.5. The summed E-state index contributed by atoms with van der Waals surface area (Å²) in [6.45, 7) is 0. The maximum atomic E-state index is 11.6. The minimum atomic E-state index is -0.300. The van der Waals surface area contributed by atoms with Gasteiger partial charge in [0.25, 0.3) is 5.56 Å². The quantitative estimate of drug-likeness (QED) is 0.530. The predicted molar refractivity (Wildman–Crippen MR) is 61.1 cm³/mol. The van der Waals surface area contributed by atoms with E-state index in [1.54, 1.807) is 18.2 Å². The molecular weight excluding hydrogens is 260 g/mol. The van der Waals surface area contributed by atoms with Gasteiger partial charge in [0.1, 0.15) is 0 Å². The molecule has 0 amide bonds. The molecule has 0 radical (unpaired) electrons. The number of H-pyrrole nitrogens is 1. The minimum absolute atomic E-state index is 0.0924. The van der Waals surface area contributed by atoms with E-state index in [0.717, 1.165) is 4.47 Å². The fourth-order valence-corrected chi connectivity index (χ4v) is 1.60. The maximum Gasteiger partial charge on any atom is 0.259 e. The summed E-state index contributed by atoms with van der Waals surface area (Å²) in [4.78, 5) is 18.1. The Morgan fingerprint density at radius 2 is 2.27 bits per heavy atom. The molecule has 0 bridgehead atoms. The SMILES string of the molecule is N=C(N)c1nc2ccc(Br)cc2c(=O)[nH]1. The predicted octanol–water partition coefficient (Wildman–Crippen LogP) is 0.970. The number of nitrogens with one attached hydrogen (secondary N) is 2. The number of aromatic nitrogens is 2. The van der Waals surface area contributed by atoms with Gasteiger partial charge in [-0.15, -0.1) is 0 Å². The second-order valence-corrected chi connectivity index (χ2v) is 3.91. The van der Waals surface area contributed by atoms with Crippen LogP contribution in [0.1, 0.15) is 5.82 Å². The molecule has 0 atom stereocenters. The monoisotopic (exact) mass is 266 g/mol. The molecule has 5 nitrogen and oxygen atoms in total. The van der Waals surface area contributed by atoms with E-state index in [0.29, 0.717) is 10.9 Å². The molecule has 0 aliphatic carbocycles. The summed E-state index contributed by atoms with van der Waals surface area (Å²) in [5, 5.41) is 7.65. The number of halogens is 1. The van der Waals surface area contributed by atoms with Crippen LogP contribution in [-0.2, 0) is 0 Å². The summed E-state index contributed by atoms with van der Waals surface area (Å²) in [6.07, 6.45) is 0. The second kappa shape index (κ2) is 3.47. The highest BCUT2D eigenvalue weighted by Gasteiger charge is 2.05. The Balaban J connectivity index is 2.84. The van der Waals surface area contributed by atoms with Crippen LogP contribution in [0.5, 0.6) is 0 Å². The number of hydrogen-bond donors (Lipinski definition) is 3. The van der Waals surface area contributed by atoms with Crippen LogP contribution in [0.15, 0.2) is 27.5 Å². The second-order valence-electron chi connectivity index (χ2n) is 2.99. The van der Waals surface area contributed by atoms with Crippen LogP contribution in [0.3, 0.4) is 0 Å². The molecule has 0 spiro atoms. The summed E-state index contributed by atoms with van der Waals surface area (Å²) in [5.74, 6) is -0.160. The molecule has 0 saturated carbocycles. The maximum absolute atomic E-state index is 11.6. The lowest BCUT2D eigenvalue weighted by molar-refractivity contribution is 1.12. The molecule has 4 N–H and O–H groups in total. The highest BCUT2D eigenvalue weighted by atomic mass is 79.9. The topological polar surface area (TPSA) is 95.6 Å². The molecule has 1 aromatic carbocycles. The lowest BCUT2D eigenvalue weighted by atomic mass is 10.2. The van der Waals surface area contributed by atoms with Gasteiger partial charge in [0.15, 0.2) is 11.7 Å². The Bertz CT molecular complexity index is 605. The van der Waals surface area contributed by atoms with Crippen molar-refractivity contribution in [2.75, 3.05) is 0 Å². The molecule has 2 rings (SSSR count). The average molecular weight is 267 g/mol. The Morgan fingerprint density at radius 1 is 1.53 bits per heavy atom. The summed E-state index contributed by atoms with van der Waals surface area (Å²) >= 11 is 3.27. The van der Waals surface area contributed by atoms with Crippen LogP contribution >= 0.6 is 15.9 Å². The first kappa shape index (κ1) is 9.85. The number of nitrogens with zero attached hydrogens (tertiary/aromatic N) is 1. The summed E-state index contributed by atoms with van der Waals surface area (Å²) in [5.41, 5.74) is 5.47. The zero-order chi connectivity index (χ0) is 11.0. The van der Waals surface area contributed by atoms with E-state index in [9.17, 15) is 4.79 Å². The molecule has 1 heterocycles. The highest BCUT2D eigenvalue weighted by Crippen LogP contribution is 2.14. The van der Waals surface area contributed by atoms with E-state index in [-0.39, 0.29) is 17.2 Å². The molecule has 6 heteroatoms. The van der Waals surface area contributed by atoms with Crippen LogP contribution in [0.2, 0.25) is 0 Å². The largest absolute Gasteiger partial charge is 0.381 e. The molecule has 0 aliphatic rings. The van der Waals surface area contributed by atoms with Crippen molar-refractivity contribution in [3.63, 3.8) is 0 Å². The van der Waals surface area contributed by atoms with Crippen molar-refractivity contribution in [3.8, 4) is 0 Å². The third-order valence-electron chi connectivity index (χ3n) is 1.92. The fraction of sp³-hybridized carbons (Fsp3) is 0. The number of nitrogens with two attached hydrogens (primary N) is 1. The molecule has 15 heavy (non-hydrogen) atoms. The van der Waals surface area contributed by atoms with E-state index in [2.05, 4.69) is 25.9 Å². The van der Waals surface area contributed by atoms with Crippen LogP contribution in [-0.4, -0.2) is 15.8 Å². The number of hydrogen-bond acceptors (Lipinski definition) is 3. The number of fused-ring (bicyclic) bond motifs is 1. The zero-order valence-corrected chi connectivity index (χ0v) is 9.13. The Kier molecular flexibility index (Phi) is 2.28. The molecule has 0 fully saturated rings. The van der Waals surface area contributed by atoms with E-state index < -0.39 is 0 Å². The van der Waals surface area contributed by atoms with Gasteiger partial charge in [-0.25, -0.2) is 4.98 Å². The van der Waals surface area contributed by atoms with Crippen molar-refractivity contribution in [3.05, 3.63) is 38.9 Å². The molecular formula is C9H7BrN4O. The van der Waals surface area contributed by atoms with Gasteiger partial charge in [-0.3, -0.25) is 10.2 Å². The third kappa shape index (κ3) is 1.75.